The Bertz CT molecular complexity index is 1020. The number of hydrogen-bond donors (Lipinski definition) is 1. The molecule has 2 aliphatic heterocycles. The van der Waals surface area contributed by atoms with Gasteiger partial charge in [-0.1, -0.05) is 42.3 Å². The Morgan fingerprint density at radius 3 is 2.24 bits per heavy atom. The van der Waals surface area contributed by atoms with Crippen molar-refractivity contribution in [1.82, 2.24) is 4.90 Å². The molecule has 0 aliphatic carbocycles. The Hall–Kier alpha value is -2.82. The third-order valence-electron chi connectivity index (χ3n) is 6.47. The van der Waals surface area contributed by atoms with E-state index in [4.69, 9.17) is 14.9 Å². The molecule has 0 aromatic heterocycles. The van der Waals surface area contributed by atoms with E-state index in [0.717, 1.165) is 41.7 Å². The summed E-state index contributed by atoms with van der Waals surface area (Å²) >= 11 is 0. The van der Waals surface area contributed by atoms with Crippen molar-refractivity contribution in [2.75, 3.05) is 32.9 Å². The van der Waals surface area contributed by atoms with E-state index in [0.29, 0.717) is 38.7 Å². The van der Waals surface area contributed by atoms with Crippen molar-refractivity contribution >= 4 is 5.84 Å². The Kier molecular flexibility index (Phi) is 6.78. The van der Waals surface area contributed by atoms with E-state index >= 15 is 0 Å². The molecule has 0 bridgehead atoms. The molecule has 0 atom stereocenters. The topological polar surface area (TPSA) is 45.5 Å². The monoisotopic (exact) mass is 456 g/mol. The summed E-state index contributed by atoms with van der Waals surface area (Å²) in [5.74, 6) is 6.42. The maximum absolute atomic E-state index is 12.8. The molecule has 0 amide bonds. The average Bonchev–Trinajstić information content (AvgIpc) is 2.80. The van der Waals surface area contributed by atoms with Crippen LogP contribution in [0.2, 0.25) is 0 Å². The first-order valence-electron chi connectivity index (χ1n) is 11.1. The number of halogens is 3. The van der Waals surface area contributed by atoms with Crippen LogP contribution >= 0.6 is 0 Å². The second kappa shape index (κ2) is 9.58. The summed E-state index contributed by atoms with van der Waals surface area (Å²) in [7, 11) is 0. The molecule has 2 saturated heterocycles. The number of likely N-dealkylation sites (tertiary alicyclic amines) is 1. The molecule has 4 rings (SSSR count). The molecule has 33 heavy (non-hydrogen) atoms. The van der Waals surface area contributed by atoms with Gasteiger partial charge in [-0.05, 0) is 48.9 Å². The van der Waals surface area contributed by atoms with E-state index in [2.05, 4.69) is 11.8 Å². The fourth-order valence-corrected chi connectivity index (χ4v) is 4.36. The van der Waals surface area contributed by atoms with Crippen molar-refractivity contribution in [2.24, 2.45) is 0 Å². The first-order chi connectivity index (χ1) is 15.8. The van der Waals surface area contributed by atoms with E-state index < -0.39 is 17.3 Å². The molecule has 4 nitrogen and oxygen atoms in total. The molecular weight excluding hydrogens is 429 g/mol. The predicted molar refractivity (Wildman–Crippen MR) is 120 cm³/mol. The zero-order valence-corrected chi connectivity index (χ0v) is 18.5. The summed E-state index contributed by atoms with van der Waals surface area (Å²) in [4.78, 5) is 2.03. The number of amidine groups is 1. The lowest BCUT2D eigenvalue weighted by Crippen LogP contribution is -2.49. The van der Waals surface area contributed by atoms with Crippen LogP contribution in [-0.2, 0) is 21.3 Å². The highest BCUT2D eigenvalue weighted by atomic mass is 19.4. The number of ether oxygens (including phenoxy) is 2. The van der Waals surface area contributed by atoms with Gasteiger partial charge >= 0.3 is 6.18 Å². The van der Waals surface area contributed by atoms with Gasteiger partial charge in [-0.25, -0.2) is 0 Å². The second-order valence-electron chi connectivity index (χ2n) is 8.51. The maximum Gasteiger partial charge on any atom is 0.416 e. The van der Waals surface area contributed by atoms with E-state index in [1.165, 1.54) is 0 Å². The zero-order chi connectivity index (χ0) is 23.5. The molecule has 2 heterocycles. The summed E-state index contributed by atoms with van der Waals surface area (Å²) in [6.45, 7) is 4.51. The summed E-state index contributed by atoms with van der Waals surface area (Å²) in [5.41, 5.74) is 1.69. The van der Waals surface area contributed by atoms with E-state index in [-0.39, 0.29) is 5.92 Å². The van der Waals surface area contributed by atoms with Gasteiger partial charge < -0.3 is 14.4 Å². The molecule has 2 aromatic rings. The SMILES string of the molecule is CC#CCOC1(c2ccc(C(=N)N3CCC(c4ccc(C(F)(F)F)cc4)CC3)cc2)COC1. The Morgan fingerprint density at radius 2 is 1.73 bits per heavy atom. The van der Waals surface area contributed by atoms with Crippen molar-refractivity contribution in [3.8, 4) is 11.8 Å². The van der Waals surface area contributed by atoms with Crippen LogP contribution < -0.4 is 0 Å². The molecule has 0 saturated carbocycles. The van der Waals surface area contributed by atoms with Gasteiger partial charge in [0.15, 0.2) is 0 Å². The smallest absolute Gasteiger partial charge is 0.375 e. The molecule has 0 unspecified atom stereocenters. The number of rotatable bonds is 5. The van der Waals surface area contributed by atoms with E-state index in [1.807, 2.05) is 29.2 Å². The lowest BCUT2D eigenvalue weighted by molar-refractivity contribution is -0.210. The molecule has 174 valence electrons. The van der Waals surface area contributed by atoms with Gasteiger partial charge in [0.2, 0.25) is 0 Å². The number of hydrogen-bond acceptors (Lipinski definition) is 3. The summed E-state index contributed by atoms with van der Waals surface area (Å²) < 4.78 is 49.7. The Balaban J connectivity index is 1.35. The third kappa shape index (κ3) is 5.07. The van der Waals surface area contributed by atoms with Gasteiger partial charge in [0.1, 0.15) is 18.0 Å². The van der Waals surface area contributed by atoms with Crippen molar-refractivity contribution in [2.45, 2.75) is 37.5 Å². The molecule has 1 N–H and O–H groups in total. The van der Waals surface area contributed by atoms with Crippen LogP contribution in [0.4, 0.5) is 13.2 Å². The molecule has 2 aromatic carbocycles. The normalized spacial score (nSPS) is 18.2. The number of nitrogens with one attached hydrogen (secondary N) is 1. The van der Waals surface area contributed by atoms with E-state index in [9.17, 15) is 13.2 Å². The highest BCUT2D eigenvalue weighted by Gasteiger charge is 2.41. The minimum absolute atomic E-state index is 0.209. The standard InChI is InChI=1S/C26H27F3N2O2/c1-2-3-16-33-25(17-32-18-25)22-8-6-21(7-9-22)24(30)31-14-12-20(13-15-31)19-4-10-23(11-5-19)26(27,28)29/h4-11,20,30H,12-18H2,1H3. The fraction of sp³-hybridized carbons (Fsp3) is 0.423. The highest BCUT2D eigenvalue weighted by Crippen LogP contribution is 2.35. The Morgan fingerprint density at radius 1 is 1.09 bits per heavy atom. The zero-order valence-electron chi connectivity index (χ0n) is 18.5. The van der Waals surface area contributed by atoms with Gasteiger partial charge in [-0.15, -0.1) is 5.92 Å². The quantitative estimate of drug-likeness (QED) is 0.383. The van der Waals surface area contributed by atoms with Crippen molar-refractivity contribution < 1.29 is 22.6 Å². The van der Waals surface area contributed by atoms with Crippen molar-refractivity contribution in [3.05, 3.63) is 70.8 Å². The predicted octanol–water partition coefficient (Wildman–Crippen LogP) is 5.18. The number of piperidine rings is 1. The second-order valence-corrected chi connectivity index (χ2v) is 8.51. The molecular formula is C26H27F3N2O2. The molecule has 2 aliphatic rings. The number of alkyl halides is 3. The van der Waals surface area contributed by atoms with Crippen LogP contribution in [0.5, 0.6) is 0 Å². The van der Waals surface area contributed by atoms with Gasteiger partial charge in [-0.3, -0.25) is 5.41 Å². The Labute approximate surface area is 192 Å². The van der Waals surface area contributed by atoms with Gasteiger partial charge in [0.25, 0.3) is 0 Å². The van der Waals surface area contributed by atoms with Gasteiger partial charge in [-0.2, -0.15) is 13.2 Å². The third-order valence-corrected chi connectivity index (χ3v) is 6.47. The van der Waals surface area contributed by atoms with Crippen LogP contribution in [0.3, 0.4) is 0 Å². The maximum atomic E-state index is 12.8. The van der Waals surface area contributed by atoms with Crippen LogP contribution in [0, 0.1) is 17.3 Å². The van der Waals surface area contributed by atoms with Crippen LogP contribution in [0.15, 0.2) is 48.5 Å². The number of benzene rings is 2. The lowest BCUT2D eigenvalue weighted by Gasteiger charge is -2.41. The molecule has 7 heteroatoms. The van der Waals surface area contributed by atoms with Crippen molar-refractivity contribution in [3.63, 3.8) is 0 Å². The largest absolute Gasteiger partial charge is 0.416 e. The van der Waals surface area contributed by atoms with Gasteiger partial charge in [0, 0.05) is 18.7 Å². The van der Waals surface area contributed by atoms with Crippen LogP contribution in [-0.4, -0.2) is 43.6 Å². The lowest BCUT2D eigenvalue weighted by atomic mass is 9.88. The highest BCUT2D eigenvalue weighted by molar-refractivity contribution is 5.96. The molecule has 0 spiro atoms. The summed E-state index contributed by atoms with van der Waals surface area (Å²) in [6, 6.07) is 13.3. The summed E-state index contributed by atoms with van der Waals surface area (Å²) in [6.07, 6.45) is -2.70. The number of nitrogens with zero attached hydrogens (tertiary/aromatic N) is 1. The van der Waals surface area contributed by atoms with E-state index in [1.54, 1.807) is 19.1 Å². The molecule has 0 radical (unpaired) electrons. The van der Waals surface area contributed by atoms with Crippen molar-refractivity contribution in [1.29, 1.82) is 5.41 Å². The minimum Gasteiger partial charge on any atom is -0.375 e. The van der Waals surface area contributed by atoms with Crippen LogP contribution in [0.1, 0.15) is 47.9 Å². The average molecular weight is 457 g/mol. The first-order valence-corrected chi connectivity index (χ1v) is 11.1. The minimum atomic E-state index is -4.31. The van der Waals surface area contributed by atoms with Gasteiger partial charge in [0.05, 0.1) is 18.8 Å². The first kappa shape index (κ1) is 23.3. The van der Waals surface area contributed by atoms with Crippen LogP contribution in [0.25, 0.3) is 0 Å². The fourth-order valence-electron chi connectivity index (χ4n) is 4.36. The molecule has 2 fully saturated rings. The summed E-state index contributed by atoms with van der Waals surface area (Å²) in [5, 5.41) is 8.64.